The van der Waals surface area contributed by atoms with Crippen molar-refractivity contribution in [2.24, 2.45) is 0 Å². The maximum atomic E-state index is 14.0. The molecule has 2 aromatic carbocycles. The Morgan fingerprint density at radius 1 is 1.15 bits per heavy atom. The van der Waals surface area contributed by atoms with Gasteiger partial charge in [-0.1, -0.05) is 13.8 Å². The molecule has 0 saturated carbocycles. The maximum absolute atomic E-state index is 14.0. The summed E-state index contributed by atoms with van der Waals surface area (Å²) in [6.45, 7) is 7.70. The smallest absolute Gasteiger partial charge is 0.362 e. The first kappa shape index (κ1) is 20.4. The van der Waals surface area contributed by atoms with Gasteiger partial charge in [-0.15, -0.1) is 0 Å². The lowest BCUT2D eigenvalue weighted by atomic mass is 10.0. The van der Waals surface area contributed by atoms with Crippen molar-refractivity contribution in [2.75, 3.05) is 18.3 Å². The average molecular weight is 381 g/mol. The zero-order chi connectivity index (χ0) is 19.6. The minimum absolute atomic E-state index is 0.0778. The van der Waals surface area contributed by atoms with E-state index in [1.165, 1.54) is 6.07 Å². The Morgan fingerprint density at radius 3 is 2.23 bits per heavy atom. The van der Waals surface area contributed by atoms with Gasteiger partial charge in [0.2, 0.25) is 0 Å². The quantitative estimate of drug-likeness (QED) is 0.700. The molecule has 0 aromatic heterocycles. The van der Waals surface area contributed by atoms with E-state index >= 15 is 0 Å². The van der Waals surface area contributed by atoms with Crippen LogP contribution in [0.5, 0.6) is 5.75 Å². The van der Waals surface area contributed by atoms with Gasteiger partial charge < -0.3 is 19.4 Å². The number of rotatable bonds is 6. The summed E-state index contributed by atoms with van der Waals surface area (Å²) in [5.74, 6) is 0.267. The van der Waals surface area contributed by atoms with Gasteiger partial charge in [0.15, 0.2) is 6.35 Å². The van der Waals surface area contributed by atoms with Crippen LogP contribution in [0.4, 0.5) is 15.8 Å². The van der Waals surface area contributed by atoms with Crippen molar-refractivity contribution in [3.05, 3.63) is 52.8 Å². The molecule has 0 fully saturated rings. The molecule has 0 heterocycles. The first-order valence-corrected chi connectivity index (χ1v) is 10.1. The van der Waals surface area contributed by atoms with Crippen LogP contribution in [-0.4, -0.2) is 23.2 Å². The van der Waals surface area contributed by atoms with Crippen molar-refractivity contribution in [1.82, 2.24) is 0 Å². The summed E-state index contributed by atoms with van der Waals surface area (Å²) >= 11 is 0. The summed E-state index contributed by atoms with van der Waals surface area (Å²) in [5.41, 5.74) is 4.25. The van der Waals surface area contributed by atoms with Gasteiger partial charge in [0.25, 0.3) is 0 Å². The number of hydrogen-bond acceptors (Lipinski definition) is 3. The van der Waals surface area contributed by atoms with Gasteiger partial charge in [-0.2, -0.15) is 0 Å². The normalized spacial score (nSPS) is 11.7. The summed E-state index contributed by atoms with van der Waals surface area (Å²) in [4.78, 5) is 19.9. The molecule has 142 valence electrons. The van der Waals surface area contributed by atoms with Crippen molar-refractivity contribution < 1.29 is 23.5 Å². The summed E-state index contributed by atoms with van der Waals surface area (Å²) in [6, 6.07) is 8.53. The second-order valence-electron chi connectivity index (χ2n) is 6.76. The summed E-state index contributed by atoms with van der Waals surface area (Å²) in [5, 5.41) is 0. The van der Waals surface area contributed by atoms with Gasteiger partial charge in [-0.05, 0) is 66.8 Å². The van der Waals surface area contributed by atoms with Crippen molar-refractivity contribution in [3.63, 3.8) is 0 Å². The molecule has 0 radical (unpaired) electrons. The summed E-state index contributed by atoms with van der Waals surface area (Å²) < 4.78 is 30.2. The zero-order valence-corrected chi connectivity index (χ0v) is 16.5. The van der Waals surface area contributed by atoms with Gasteiger partial charge in [0.1, 0.15) is 11.6 Å². The number of benzene rings is 2. The van der Waals surface area contributed by atoms with E-state index in [1.807, 2.05) is 45.7 Å². The summed E-state index contributed by atoms with van der Waals surface area (Å²) in [7, 11) is -2.32. The highest BCUT2D eigenvalue weighted by Crippen LogP contribution is 2.38. The molecule has 2 rings (SSSR count). The van der Waals surface area contributed by atoms with Crippen LogP contribution in [0.25, 0.3) is 0 Å². The van der Waals surface area contributed by atoms with Crippen LogP contribution >= 0.6 is 7.60 Å². The van der Waals surface area contributed by atoms with Crippen molar-refractivity contribution in [3.8, 4) is 5.75 Å². The largest absolute Gasteiger partial charge is 0.481 e. The first-order chi connectivity index (χ1) is 12.0. The van der Waals surface area contributed by atoms with Crippen LogP contribution in [0, 0.1) is 19.7 Å². The molecule has 0 aliphatic carbocycles. The predicted octanol–water partition coefficient (Wildman–Crippen LogP) is 4.85. The van der Waals surface area contributed by atoms with E-state index in [2.05, 4.69) is 0 Å². The third kappa shape index (κ3) is 4.85. The van der Waals surface area contributed by atoms with E-state index in [-0.39, 0.29) is 11.7 Å². The van der Waals surface area contributed by atoms with Crippen LogP contribution in [0.1, 0.15) is 36.5 Å². The van der Waals surface area contributed by atoms with Gasteiger partial charge in [-0.3, -0.25) is 4.57 Å². The molecule has 0 spiro atoms. The Labute approximate surface area is 153 Å². The number of anilines is 2. The van der Waals surface area contributed by atoms with Crippen LogP contribution in [-0.2, 0) is 4.57 Å². The van der Waals surface area contributed by atoms with Crippen LogP contribution < -0.4 is 9.64 Å². The molecule has 2 N–H and O–H groups in total. The maximum Gasteiger partial charge on any atom is 0.362 e. The fourth-order valence-corrected chi connectivity index (χ4v) is 3.32. The van der Waals surface area contributed by atoms with Crippen molar-refractivity contribution in [2.45, 2.75) is 33.6 Å². The fraction of sp³-hybridized carbons (Fsp3) is 0.368. The molecule has 0 amide bonds. The Bertz CT molecular complexity index is 824. The zero-order valence-electron chi connectivity index (χ0n) is 15.7. The van der Waals surface area contributed by atoms with E-state index in [4.69, 9.17) is 14.5 Å². The lowest BCUT2D eigenvalue weighted by Gasteiger charge is -2.25. The highest BCUT2D eigenvalue weighted by molar-refractivity contribution is 7.51. The van der Waals surface area contributed by atoms with E-state index in [1.54, 1.807) is 18.2 Å². The fourth-order valence-electron chi connectivity index (χ4n) is 3.00. The van der Waals surface area contributed by atoms with Gasteiger partial charge in [-0.25, -0.2) is 4.39 Å². The molecule has 0 bridgehead atoms. The lowest BCUT2D eigenvalue weighted by Crippen LogP contribution is -2.13. The second kappa shape index (κ2) is 7.78. The van der Waals surface area contributed by atoms with Crippen LogP contribution in [0.15, 0.2) is 30.3 Å². The standard InChI is InChI=1S/C19H25FNO4P/c1-12(2)17-10-15(6-7-18(17)20)21(5)19-13(3)8-16(9-14(19)4)25-11-26(22,23)24/h6-10,12H,11H2,1-5H3,(H2,22,23,24). The SMILES string of the molecule is Cc1cc(OCP(=O)(O)O)cc(C)c1N(C)c1ccc(F)c(C(C)C)c1. The average Bonchev–Trinajstić information content (AvgIpc) is 2.51. The van der Waals surface area contributed by atoms with Crippen molar-refractivity contribution in [1.29, 1.82) is 0 Å². The molecule has 26 heavy (non-hydrogen) atoms. The minimum atomic E-state index is -4.23. The van der Waals surface area contributed by atoms with Crippen molar-refractivity contribution >= 4 is 19.0 Å². The van der Waals surface area contributed by atoms with Gasteiger partial charge in [0, 0.05) is 18.4 Å². The van der Waals surface area contributed by atoms with Gasteiger partial charge >= 0.3 is 7.60 Å². The number of nitrogens with zero attached hydrogens (tertiary/aromatic N) is 1. The topological polar surface area (TPSA) is 70.0 Å². The Morgan fingerprint density at radius 2 is 1.73 bits per heavy atom. The number of hydrogen-bond donors (Lipinski definition) is 2. The Balaban J connectivity index is 2.36. The van der Waals surface area contributed by atoms with Crippen LogP contribution in [0.3, 0.4) is 0 Å². The number of ether oxygens (including phenoxy) is 1. The minimum Gasteiger partial charge on any atom is -0.481 e. The van der Waals surface area contributed by atoms with Gasteiger partial charge in [0.05, 0.1) is 0 Å². The molecule has 2 aromatic rings. The highest BCUT2D eigenvalue weighted by atomic mass is 31.2. The molecule has 0 saturated heterocycles. The molecular formula is C19H25FNO4P. The molecule has 7 heteroatoms. The van der Waals surface area contributed by atoms with E-state index in [9.17, 15) is 8.96 Å². The molecular weight excluding hydrogens is 356 g/mol. The third-order valence-corrected chi connectivity index (χ3v) is 4.65. The van der Waals surface area contributed by atoms with Crippen LogP contribution in [0.2, 0.25) is 0 Å². The van der Waals surface area contributed by atoms with E-state index < -0.39 is 13.9 Å². The second-order valence-corrected chi connectivity index (χ2v) is 8.35. The Hall–Kier alpha value is -1.88. The highest BCUT2D eigenvalue weighted by Gasteiger charge is 2.17. The van der Waals surface area contributed by atoms with E-state index in [0.717, 1.165) is 22.5 Å². The predicted molar refractivity (Wildman–Crippen MR) is 102 cm³/mol. The molecule has 5 nitrogen and oxygen atoms in total. The molecule has 0 aliphatic rings. The number of aryl methyl sites for hydroxylation is 2. The number of halogens is 1. The monoisotopic (exact) mass is 381 g/mol. The first-order valence-electron chi connectivity index (χ1n) is 8.31. The summed E-state index contributed by atoms with van der Waals surface area (Å²) in [6.07, 6.45) is -0.656. The Kier molecular flexibility index (Phi) is 6.12. The molecule has 0 aliphatic heterocycles. The molecule has 0 atom stereocenters. The van der Waals surface area contributed by atoms with E-state index in [0.29, 0.717) is 11.3 Å². The lowest BCUT2D eigenvalue weighted by molar-refractivity contribution is 0.300. The third-order valence-electron chi connectivity index (χ3n) is 4.19. The molecule has 0 unspecified atom stereocenters.